The Kier molecular flexibility index (Phi) is 18.9. The predicted octanol–water partition coefficient (Wildman–Crippen LogP) is 7.55. The van der Waals surface area contributed by atoms with E-state index in [1.807, 2.05) is 27.8 Å². The lowest BCUT2D eigenvalue weighted by atomic mass is 9.90. The predicted molar refractivity (Wildman–Crippen MR) is 132 cm³/mol. The van der Waals surface area contributed by atoms with Crippen LogP contribution in [-0.2, 0) is 0 Å². The van der Waals surface area contributed by atoms with Crippen molar-refractivity contribution >= 4 is 0 Å². The third-order valence-electron chi connectivity index (χ3n) is 4.52. The van der Waals surface area contributed by atoms with E-state index in [0.717, 1.165) is 12.7 Å². The van der Waals surface area contributed by atoms with Gasteiger partial charge in [-0.15, -0.1) is 0 Å². The topological polar surface area (TPSA) is 41.5 Å². The van der Waals surface area contributed by atoms with Crippen LogP contribution in [0.15, 0.2) is 30.4 Å². The van der Waals surface area contributed by atoms with E-state index in [0.29, 0.717) is 23.7 Å². The maximum Gasteiger partial charge on any atom is 0.165 e. The molecule has 0 heterocycles. The van der Waals surface area contributed by atoms with Gasteiger partial charge in [0.2, 0.25) is 0 Å². The van der Waals surface area contributed by atoms with Crippen LogP contribution in [0.4, 0.5) is 4.39 Å². The lowest BCUT2D eigenvalue weighted by Crippen LogP contribution is -2.12. The van der Waals surface area contributed by atoms with E-state index in [1.165, 1.54) is 38.2 Å². The fourth-order valence-electron chi connectivity index (χ4n) is 2.36. The Hall–Kier alpha value is -1.39. The van der Waals surface area contributed by atoms with Crippen LogP contribution in [0.3, 0.4) is 0 Å². The minimum Gasteiger partial charge on any atom is -0.490 e. The SMILES string of the molecule is CC.CC/C=C/CCC(C)(C)C.CN[C@H](C)c1ccc(F)c(OCC2CC2)c1.CO.[HH]. The first kappa shape index (κ1) is 30.8. The molecule has 1 aliphatic rings. The van der Waals surface area contributed by atoms with Crippen molar-refractivity contribution in [3.05, 3.63) is 41.7 Å². The van der Waals surface area contributed by atoms with Gasteiger partial charge in [0.1, 0.15) is 0 Å². The van der Waals surface area contributed by atoms with Gasteiger partial charge in [-0.2, -0.15) is 0 Å². The first-order chi connectivity index (χ1) is 14.3. The van der Waals surface area contributed by atoms with E-state index in [1.54, 1.807) is 12.1 Å². The van der Waals surface area contributed by atoms with Crippen LogP contribution >= 0.6 is 0 Å². The van der Waals surface area contributed by atoms with Crippen molar-refractivity contribution in [1.82, 2.24) is 5.32 Å². The van der Waals surface area contributed by atoms with E-state index in [-0.39, 0.29) is 13.3 Å². The number of rotatable bonds is 8. The number of hydrogen-bond acceptors (Lipinski definition) is 3. The fourth-order valence-corrected chi connectivity index (χ4v) is 2.36. The Balaban J connectivity index is -0.000000457. The van der Waals surface area contributed by atoms with E-state index in [4.69, 9.17) is 9.84 Å². The lowest BCUT2D eigenvalue weighted by molar-refractivity contribution is 0.285. The third kappa shape index (κ3) is 16.4. The van der Waals surface area contributed by atoms with Crippen molar-refractivity contribution < 1.29 is 15.7 Å². The van der Waals surface area contributed by atoms with Gasteiger partial charge in [0.15, 0.2) is 11.6 Å². The molecule has 0 saturated heterocycles. The van der Waals surface area contributed by atoms with Crippen LogP contribution in [0.2, 0.25) is 0 Å². The first-order valence-corrected chi connectivity index (χ1v) is 11.5. The van der Waals surface area contributed by atoms with E-state index in [2.05, 4.69) is 45.2 Å². The number of allylic oxidation sites excluding steroid dienone is 2. The number of hydrogen-bond donors (Lipinski definition) is 2. The first-order valence-electron chi connectivity index (χ1n) is 11.5. The van der Waals surface area contributed by atoms with Gasteiger partial charge in [0, 0.05) is 14.6 Å². The molecule has 1 saturated carbocycles. The molecule has 1 atom stereocenters. The second-order valence-corrected chi connectivity index (χ2v) is 8.43. The van der Waals surface area contributed by atoms with E-state index >= 15 is 0 Å². The molecule has 0 unspecified atom stereocenters. The summed E-state index contributed by atoms with van der Waals surface area (Å²) in [4.78, 5) is 0. The Morgan fingerprint density at radius 2 is 1.83 bits per heavy atom. The van der Waals surface area contributed by atoms with Crippen LogP contribution in [-0.4, -0.2) is 25.9 Å². The monoisotopic (exact) mass is 427 g/mol. The molecule has 30 heavy (non-hydrogen) atoms. The maximum absolute atomic E-state index is 13.5. The highest BCUT2D eigenvalue weighted by molar-refractivity contribution is 5.32. The molecule has 4 heteroatoms. The summed E-state index contributed by atoms with van der Waals surface area (Å²) >= 11 is 0. The molecule has 3 nitrogen and oxygen atoms in total. The summed E-state index contributed by atoms with van der Waals surface area (Å²) in [6.45, 7) is 15.7. The summed E-state index contributed by atoms with van der Waals surface area (Å²) < 4.78 is 19.0. The number of halogens is 1. The van der Waals surface area contributed by atoms with Crippen molar-refractivity contribution in [3.63, 3.8) is 0 Å². The summed E-state index contributed by atoms with van der Waals surface area (Å²) in [6, 6.07) is 5.27. The summed E-state index contributed by atoms with van der Waals surface area (Å²) in [7, 11) is 2.89. The van der Waals surface area contributed by atoms with Gasteiger partial charge in [-0.05, 0) is 75.1 Å². The van der Waals surface area contributed by atoms with Crippen LogP contribution in [0.25, 0.3) is 0 Å². The number of aliphatic hydroxyl groups excluding tert-OH is 1. The highest BCUT2D eigenvalue weighted by Crippen LogP contribution is 2.31. The minimum absolute atomic E-state index is 0. The zero-order valence-electron chi connectivity index (χ0n) is 21.0. The van der Waals surface area contributed by atoms with Gasteiger partial charge in [-0.3, -0.25) is 0 Å². The van der Waals surface area contributed by atoms with E-state index < -0.39 is 0 Å². The standard InChI is InChI=1S/C13H18FNO.C10H20.C2H6.CH4O.H2/c1-9(15-2)11-5-6-12(14)13(7-11)16-8-10-3-4-10;1-5-6-7-8-9-10(2,3)4;2*1-2;/h5-7,9-10,15H,3-4,8H2,1-2H3;6-7H,5,8-9H2,1-4H3;1-2H3;2H,1H3;1H/b;7-6+;;;/t9-;;;;/m1..../s1. The van der Waals surface area contributed by atoms with E-state index in [9.17, 15) is 4.39 Å². The summed E-state index contributed by atoms with van der Waals surface area (Å²) in [5.74, 6) is 0.754. The van der Waals surface area contributed by atoms with Gasteiger partial charge >= 0.3 is 0 Å². The van der Waals surface area contributed by atoms with Gasteiger partial charge in [0.25, 0.3) is 0 Å². The number of nitrogens with one attached hydrogen (secondary N) is 1. The minimum atomic E-state index is -0.271. The molecule has 1 fully saturated rings. The van der Waals surface area contributed by atoms with Crippen molar-refractivity contribution in [2.75, 3.05) is 20.8 Å². The molecule has 0 aliphatic heterocycles. The van der Waals surface area contributed by atoms with Gasteiger partial charge in [0.05, 0.1) is 6.61 Å². The second-order valence-electron chi connectivity index (χ2n) is 8.43. The highest BCUT2D eigenvalue weighted by Gasteiger charge is 2.22. The Morgan fingerprint density at radius 3 is 2.30 bits per heavy atom. The van der Waals surface area contributed by atoms with Crippen LogP contribution < -0.4 is 10.1 Å². The van der Waals surface area contributed by atoms with Crippen LogP contribution in [0, 0.1) is 17.2 Å². The Bertz CT molecular complexity index is 555. The number of benzene rings is 1. The van der Waals surface area contributed by atoms with Gasteiger partial charge < -0.3 is 15.2 Å². The normalized spacial score (nSPS) is 13.8. The van der Waals surface area contributed by atoms with Crippen molar-refractivity contribution in [1.29, 1.82) is 0 Å². The molecule has 0 bridgehead atoms. The molecule has 0 amide bonds. The fraction of sp³-hybridized carbons (Fsp3) is 0.692. The second kappa shape index (κ2) is 18.4. The molecule has 2 N–H and O–H groups in total. The molecule has 1 aliphatic carbocycles. The summed E-state index contributed by atoms with van der Waals surface area (Å²) in [6.07, 6.45) is 10.7. The molecule has 1 aromatic carbocycles. The number of aliphatic hydroxyl groups is 1. The largest absolute Gasteiger partial charge is 0.490 e. The van der Waals surface area contributed by atoms with Crippen molar-refractivity contribution in [3.8, 4) is 5.75 Å². The lowest BCUT2D eigenvalue weighted by Gasteiger charge is -2.15. The molecule has 2 rings (SSSR count). The molecule has 0 radical (unpaired) electrons. The molecule has 0 spiro atoms. The average molecular weight is 428 g/mol. The van der Waals surface area contributed by atoms with Crippen LogP contribution in [0.5, 0.6) is 5.75 Å². The van der Waals surface area contributed by atoms with Crippen molar-refractivity contribution in [2.24, 2.45) is 11.3 Å². The summed E-state index contributed by atoms with van der Waals surface area (Å²) in [5, 5.41) is 10.1. The highest BCUT2D eigenvalue weighted by atomic mass is 19.1. The van der Waals surface area contributed by atoms with Crippen LogP contribution in [0.1, 0.15) is 93.6 Å². The molecule has 1 aromatic rings. The number of ether oxygens (including phenoxy) is 1. The smallest absolute Gasteiger partial charge is 0.165 e. The Labute approximate surface area is 187 Å². The van der Waals surface area contributed by atoms with Crippen molar-refractivity contribution in [2.45, 2.75) is 86.6 Å². The molecule has 178 valence electrons. The molecular formula is C26H50FNO2. The maximum atomic E-state index is 13.5. The zero-order chi connectivity index (χ0) is 23.6. The Morgan fingerprint density at radius 1 is 1.23 bits per heavy atom. The molecule has 0 aromatic heterocycles. The third-order valence-corrected chi connectivity index (χ3v) is 4.52. The summed E-state index contributed by atoms with van der Waals surface area (Å²) in [5.41, 5.74) is 1.55. The van der Waals surface area contributed by atoms with Gasteiger partial charge in [-0.25, -0.2) is 4.39 Å². The zero-order valence-corrected chi connectivity index (χ0v) is 21.0. The quantitative estimate of drug-likeness (QED) is 0.421. The molecular weight excluding hydrogens is 377 g/mol. The average Bonchev–Trinajstić information content (AvgIpc) is 3.57. The van der Waals surface area contributed by atoms with Gasteiger partial charge in [-0.1, -0.05) is 59.8 Å².